The first-order chi connectivity index (χ1) is 8.25. The molecule has 3 nitrogen and oxygen atoms in total. The summed E-state index contributed by atoms with van der Waals surface area (Å²) < 4.78 is 52.4. The average molecular weight is 264 g/mol. The van der Waals surface area contributed by atoms with Crippen molar-refractivity contribution in [2.24, 2.45) is 0 Å². The molecule has 0 aliphatic carbocycles. The van der Waals surface area contributed by atoms with Gasteiger partial charge < -0.3 is 10.2 Å². The van der Waals surface area contributed by atoms with E-state index in [-0.39, 0.29) is 6.07 Å². The van der Waals surface area contributed by atoms with E-state index < -0.39 is 40.9 Å². The van der Waals surface area contributed by atoms with Crippen molar-refractivity contribution >= 4 is 11.6 Å². The van der Waals surface area contributed by atoms with Crippen molar-refractivity contribution in [1.29, 1.82) is 0 Å². The smallest absolute Gasteiger partial charge is 0.244 e. The Morgan fingerprint density at radius 1 is 1.17 bits per heavy atom. The van der Waals surface area contributed by atoms with E-state index in [2.05, 4.69) is 5.32 Å². The van der Waals surface area contributed by atoms with Crippen LogP contribution in [0.25, 0.3) is 0 Å². The molecule has 0 radical (unpaired) electrons. The molecule has 1 unspecified atom stereocenters. The number of anilines is 1. The third-order valence-electron chi connectivity index (χ3n) is 2.28. The Labute approximate surface area is 101 Å². The van der Waals surface area contributed by atoms with E-state index in [1.807, 2.05) is 0 Å². The number of nitrogens with zero attached hydrogens (tertiary/aromatic N) is 1. The number of hydrogen-bond acceptors (Lipinski definition) is 2. The highest BCUT2D eigenvalue weighted by Crippen LogP contribution is 2.24. The van der Waals surface area contributed by atoms with Gasteiger partial charge >= 0.3 is 0 Å². The summed E-state index contributed by atoms with van der Waals surface area (Å²) in [6, 6.07) is -0.918. The lowest BCUT2D eigenvalue weighted by Gasteiger charge is -2.19. The minimum Gasteiger partial charge on any atom is -0.369 e. The highest BCUT2D eigenvalue weighted by Gasteiger charge is 2.23. The fourth-order valence-corrected chi connectivity index (χ4v) is 1.37. The molecule has 0 saturated carbocycles. The zero-order chi connectivity index (χ0) is 14.0. The van der Waals surface area contributed by atoms with Crippen LogP contribution in [0.2, 0.25) is 0 Å². The summed E-state index contributed by atoms with van der Waals surface area (Å²) in [4.78, 5) is 12.7. The Hall–Kier alpha value is -1.79. The van der Waals surface area contributed by atoms with Crippen LogP contribution in [0.3, 0.4) is 0 Å². The standard InChI is InChI=1S/C11H12F4N2O/c1-5(11(18)17(2)3)16-10-8(14)6(12)4-7(13)9(10)15/h4-5,16H,1-3H3. The maximum atomic E-state index is 13.3. The Bertz CT molecular complexity index is 450. The Morgan fingerprint density at radius 2 is 1.61 bits per heavy atom. The maximum absolute atomic E-state index is 13.3. The van der Waals surface area contributed by atoms with Crippen LogP contribution in [0.1, 0.15) is 6.92 Å². The number of amides is 1. The zero-order valence-electron chi connectivity index (χ0n) is 10.0. The molecule has 100 valence electrons. The largest absolute Gasteiger partial charge is 0.369 e. The summed E-state index contributed by atoms with van der Waals surface area (Å²) in [7, 11) is 2.89. The van der Waals surface area contributed by atoms with Crippen LogP contribution >= 0.6 is 0 Å². The van der Waals surface area contributed by atoms with Gasteiger partial charge in [-0.05, 0) is 6.92 Å². The van der Waals surface area contributed by atoms with Crippen LogP contribution in [-0.2, 0) is 4.79 Å². The quantitative estimate of drug-likeness (QED) is 0.670. The van der Waals surface area contributed by atoms with Gasteiger partial charge in [0.15, 0.2) is 23.3 Å². The van der Waals surface area contributed by atoms with Crippen LogP contribution < -0.4 is 5.32 Å². The van der Waals surface area contributed by atoms with Gasteiger partial charge in [-0.1, -0.05) is 0 Å². The van der Waals surface area contributed by atoms with Crippen LogP contribution in [0.4, 0.5) is 23.2 Å². The number of carbonyl (C=O) groups is 1. The van der Waals surface area contributed by atoms with E-state index in [0.717, 1.165) is 0 Å². The van der Waals surface area contributed by atoms with Crippen LogP contribution in [0, 0.1) is 23.3 Å². The fraction of sp³-hybridized carbons (Fsp3) is 0.364. The summed E-state index contributed by atoms with van der Waals surface area (Å²) in [6.07, 6.45) is 0. The molecular weight excluding hydrogens is 252 g/mol. The molecule has 0 aliphatic rings. The molecule has 0 aliphatic heterocycles. The van der Waals surface area contributed by atoms with E-state index in [1.54, 1.807) is 0 Å². The highest BCUT2D eigenvalue weighted by molar-refractivity contribution is 5.83. The molecule has 0 aromatic heterocycles. The Morgan fingerprint density at radius 3 is 2.00 bits per heavy atom. The van der Waals surface area contributed by atoms with Gasteiger partial charge in [0.25, 0.3) is 0 Å². The molecule has 1 rings (SSSR count). The normalized spacial score (nSPS) is 12.2. The third kappa shape index (κ3) is 2.72. The summed E-state index contributed by atoms with van der Waals surface area (Å²) in [5.74, 6) is -6.67. The zero-order valence-corrected chi connectivity index (χ0v) is 10.0. The number of nitrogens with one attached hydrogen (secondary N) is 1. The summed E-state index contributed by atoms with van der Waals surface area (Å²) >= 11 is 0. The number of likely N-dealkylation sites (N-methyl/N-ethyl adjacent to an activating group) is 1. The van der Waals surface area contributed by atoms with Crippen molar-refractivity contribution < 1.29 is 22.4 Å². The highest BCUT2D eigenvalue weighted by atomic mass is 19.2. The van der Waals surface area contributed by atoms with Crippen molar-refractivity contribution in [1.82, 2.24) is 4.90 Å². The van der Waals surface area contributed by atoms with Crippen molar-refractivity contribution in [3.63, 3.8) is 0 Å². The molecule has 1 amide bonds. The number of carbonyl (C=O) groups excluding carboxylic acids is 1. The minimum atomic E-state index is -1.56. The fourth-order valence-electron chi connectivity index (χ4n) is 1.37. The maximum Gasteiger partial charge on any atom is 0.244 e. The number of halogens is 4. The van der Waals surface area contributed by atoms with E-state index in [0.29, 0.717) is 0 Å². The number of rotatable bonds is 3. The molecule has 0 saturated heterocycles. The topological polar surface area (TPSA) is 32.3 Å². The van der Waals surface area contributed by atoms with Gasteiger partial charge in [0.2, 0.25) is 5.91 Å². The van der Waals surface area contributed by atoms with Gasteiger partial charge in [-0.25, -0.2) is 17.6 Å². The molecule has 1 N–H and O–H groups in total. The van der Waals surface area contributed by atoms with E-state index in [9.17, 15) is 22.4 Å². The molecule has 1 aromatic rings. The summed E-state index contributed by atoms with van der Waals surface area (Å²) in [5, 5.41) is 2.12. The van der Waals surface area contributed by atoms with Crippen molar-refractivity contribution in [2.45, 2.75) is 13.0 Å². The predicted molar refractivity (Wildman–Crippen MR) is 58.1 cm³/mol. The van der Waals surface area contributed by atoms with E-state index in [4.69, 9.17) is 0 Å². The van der Waals surface area contributed by atoms with E-state index in [1.165, 1.54) is 25.9 Å². The van der Waals surface area contributed by atoms with Crippen LogP contribution in [0.5, 0.6) is 0 Å². The van der Waals surface area contributed by atoms with Crippen LogP contribution in [0.15, 0.2) is 6.07 Å². The van der Waals surface area contributed by atoms with Crippen molar-refractivity contribution in [3.05, 3.63) is 29.3 Å². The monoisotopic (exact) mass is 264 g/mol. The van der Waals surface area contributed by atoms with Gasteiger partial charge in [0.1, 0.15) is 11.7 Å². The van der Waals surface area contributed by atoms with Gasteiger partial charge in [-0.3, -0.25) is 4.79 Å². The molecule has 0 bridgehead atoms. The molecule has 0 heterocycles. The van der Waals surface area contributed by atoms with Gasteiger partial charge in [-0.15, -0.1) is 0 Å². The molecule has 7 heteroatoms. The van der Waals surface area contributed by atoms with Gasteiger partial charge in [0, 0.05) is 20.2 Å². The lowest BCUT2D eigenvalue weighted by molar-refractivity contribution is -0.129. The van der Waals surface area contributed by atoms with Crippen LogP contribution in [-0.4, -0.2) is 30.9 Å². The molecular formula is C11H12F4N2O. The average Bonchev–Trinajstić information content (AvgIpc) is 2.30. The first-order valence-corrected chi connectivity index (χ1v) is 5.06. The minimum absolute atomic E-state index is 0.105. The number of benzene rings is 1. The molecule has 18 heavy (non-hydrogen) atoms. The number of hydrogen-bond donors (Lipinski definition) is 1. The second-order valence-electron chi connectivity index (χ2n) is 3.94. The first kappa shape index (κ1) is 14.3. The first-order valence-electron chi connectivity index (χ1n) is 5.06. The predicted octanol–water partition coefficient (Wildman–Crippen LogP) is 2.13. The molecule has 1 aromatic carbocycles. The van der Waals surface area contributed by atoms with Crippen molar-refractivity contribution in [2.75, 3.05) is 19.4 Å². The molecule has 0 spiro atoms. The van der Waals surface area contributed by atoms with E-state index >= 15 is 0 Å². The molecule has 0 fully saturated rings. The SMILES string of the molecule is CC(Nc1c(F)c(F)cc(F)c1F)C(=O)N(C)C. The van der Waals surface area contributed by atoms with Gasteiger partial charge in [-0.2, -0.15) is 0 Å². The second-order valence-corrected chi connectivity index (χ2v) is 3.94. The Balaban J connectivity index is 3.08. The summed E-state index contributed by atoms with van der Waals surface area (Å²) in [6.45, 7) is 1.32. The third-order valence-corrected chi connectivity index (χ3v) is 2.28. The Kier molecular flexibility index (Phi) is 4.15. The lowest BCUT2D eigenvalue weighted by atomic mass is 10.2. The second kappa shape index (κ2) is 5.24. The van der Waals surface area contributed by atoms with Crippen molar-refractivity contribution in [3.8, 4) is 0 Å². The van der Waals surface area contributed by atoms with Gasteiger partial charge in [0.05, 0.1) is 0 Å². The lowest BCUT2D eigenvalue weighted by Crippen LogP contribution is -2.37. The summed E-state index contributed by atoms with van der Waals surface area (Å²) in [5.41, 5.74) is -0.991. The molecule has 1 atom stereocenters.